The molecule has 0 spiro atoms. The standard InChI is InChI=1S/C11H14N6/c1-7(2)15-10-3-9(16-11(12)17-10)8-4-13-6-14-5-8/h3-7H,1-2H3,(H3,12,15,16,17). The molecule has 0 atom stereocenters. The number of anilines is 2. The highest BCUT2D eigenvalue weighted by Gasteiger charge is 2.06. The summed E-state index contributed by atoms with van der Waals surface area (Å²) in [5.74, 6) is 0.931. The Labute approximate surface area is 99.4 Å². The zero-order chi connectivity index (χ0) is 12.3. The molecule has 3 N–H and O–H groups in total. The summed E-state index contributed by atoms with van der Waals surface area (Å²) < 4.78 is 0. The zero-order valence-corrected chi connectivity index (χ0v) is 9.75. The summed E-state index contributed by atoms with van der Waals surface area (Å²) in [6.45, 7) is 4.06. The minimum Gasteiger partial charge on any atom is -0.368 e. The number of nitrogens with one attached hydrogen (secondary N) is 1. The minimum atomic E-state index is 0.231. The maximum Gasteiger partial charge on any atom is 0.222 e. The third-order valence-electron chi connectivity index (χ3n) is 2.04. The topological polar surface area (TPSA) is 89.6 Å². The lowest BCUT2D eigenvalue weighted by Gasteiger charge is -2.10. The van der Waals surface area contributed by atoms with Crippen LogP contribution in [-0.2, 0) is 0 Å². The number of hydrogen-bond acceptors (Lipinski definition) is 6. The first kappa shape index (κ1) is 11.3. The van der Waals surface area contributed by atoms with E-state index in [9.17, 15) is 0 Å². The van der Waals surface area contributed by atoms with Crippen LogP contribution in [0.3, 0.4) is 0 Å². The van der Waals surface area contributed by atoms with Crippen LogP contribution in [0.15, 0.2) is 24.8 Å². The van der Waals surface area contributed by atoms with Crippen molar-refractivity contribution in [2.75, 3.05) is 11.1 Å². The highest BCUT2D eigenvalue weighted by atomic mass is 15.1. The second kappa shape index (κ2) is 4.73. The number of nitrogens with zero attached hydrogens (tertiary/aromatic N) is 4. The van der Waals surface area contributed by atoms with Gasteiger partial charge in [0.05, 0.1) is 5.69 Å². The van der Waals surface area contributed by atoms with Gasteiger partial charge in [0.25, 0.3) is 0 Å². The molecule has 0 amide bonds. The SMILES string of the molecule is CC(C)Nc1cc(-c2cncnc2)nc(N)n1. The van der Waals surface area contributed by atoms with Crippen LogP contribution in [0, 0.1) is 0 Å². The lowest BCUT2D eigenvalue weighted by Crippen LogP contribution is -2.12. The van der Waals surface area contributed by atoms with E-state index in [2.05, 4.69) is 25.3 Å². The van der Waals surface area contributed by atoms with Gasteiger partial charge in [-0.2, -0.15) is 4.98 Å². The van der Waals surface area contributed by atoms with Gasteiger partial charge in [0, 0.05) is 30.1 Å². The normalized spacial score (nSPS) is 10.5. The van der Waals surface area contributed by atoms with Crippen molar-refractivity contribution >= 4 is 11.8 Å². The quantitative estimate of drug-likeness (QED) is 0.826. The first-order chi connectivity index (χ1) is 8.15. The Kier molecular flexibility index (Phi) is 3.13. The Morgan fingerprint density at radius 3 is 2.53 bits per heavy atom. The molecule has 6 nitrogen and oxygen atoms in total. The van der Waals surface area contributed by atoms with Crippen LogP contribution in [0.25, 0.3) is 11.3 Å². The van der Waals surface area contributed by atoms with Gasteiger partial charge in [-0.1, -0.05) is 0 Å². The van der Waals surface area contributed by atoms with Crippen molar-refractivity contribution in [3.8, 4) is 11.3 Å². The molecule has 17 heavy (non-hydrogen) atoms. The molecule has 0 bridgehead atoms. The molecule has 0 aliphatic carbocycles. The first-order valence-electron chi connectivity index (χ1n) is 5.31. The molecule has 88 valence electrons. The summed E-state index contributed by atoms with van der Waals surface area (Å²) in [5, 5.41) is 3.18. The Morgan fingerprint density at radius 1 is 1.18 bits per heavy atom. The second-order valence-electron chi connectivity index (χ2n) is 3.92. The smallest absolute Gasteiger partial charge is 0.222 e. The van der Waals surface area contributed by atoms with Crippen LogP contribution >= 0.6 is 0 Å². The van der Waals surface area contributed by atoms with E-state index in [4.69, 9.17) is 5.73 Å². The summed E-state index contributed by atoms with van der Waals surface area (Å²) in [6, 6.07) is 2.11. The van der Waals surface area contributed by atoms with Crippen molar-refractivity contribution in [3.63, 3.8) is 0 Å². The Bertz CT molecular complexity index is 497. The number of hydrogen-bond donors (Lipinski definition) is 2. The summed E-state index contributed by atoms with van der Waals surface area (Å²) in [5.41, 5.74) is 7.19. The maximum absolute atomic E-state index is 5.67. The molecule has 0 aromatic carbocycles. The predicted octanol–water partition coefficient (Wildman–Crippen LogP) is 1.34. The molecule has 0 aliphatic heterocycles. The molecular weight excluding hydrogens is 216 g/mol. The third kappa shape index (κ3) is 2.87. The number of nitrogens with two attached hydrogens (primary N) is 1. The van der Waals surface area contributed by atoms with Crippen molar-refractivity contribution in [1.29, 1.82) is 0 Å². The molecule has 0 saturated heterocycles. The second-order valence-corrected chi connectivity index (χ2v) is 3.92. The zero-order valence-electron chi connectivity index (χ0n) is 9.75. The van der Waals surface area contributed by atoms with Crippen molar-refractivity contribution in [2.45, 2.75) is 19.9 Å². The average Bonchev–Trinajstić information content (AvgIpc) is 2.28. The highest BCUT2D eigenvalue weighted by molar-refractivity contribution is 5.62. The third-order valence-corrected chi connectivity index (χ3v) is 2.04. The van der Waals surface area contributed by atoms with Gasteiger partial charge in [-0.15, -0.1) is 0 Å². The van der Waals surface area contributed by atoms with Crippen LogP contribution < -0.4 is 11.1 Å². The molecule has 0 radical (unpaired) electrons. The minimum absolute atomic E-state index is 0.231. The van der Waals surface area contributed by atoms with Crippen molar-refractivity contribution < 1.29 is 0 Å². The van der Waals surface area contributed by atoms with E-state index in [1.807, 2.05) is 19.9 Å². The number of rotatable bonds is 3. The van der Waals surface area contributed by atoms with Crippen molar-refractivity contribution in [2.24, 2.45) is 0 Å². The summed E-state index contributed by atoms with van der Waals surface area (Å²) >= 11 is 0. The van der Waals surface area contributed by atoms with E-state index in [1.165, 1.54) is 6.33 Å². The molecule has 6 heteroatoms. The van der Waals surface area contributed by atoms with E-state index in [0.717, 1.165) is 5.56 Å². The Hall–Kier alpha value is -2.24. The molecule has 0 unspecified atom stereocenters. The van der Waals surface area contributed by atoms with Gasteiger partial charge >= 0.3 is 0 Å². The molecule has 0 aliphatic rings. The van der Waals surface area contributed by atoms with Gasteiger partial charge in [0.1, 0.15) is 12.1 Å². The number of aromatic nitrogens is 4. The van der Waals surface area contributed by atoms with Crippen LogP contribution in [0.5, 0.6) is 0 Å². The largest absolute Gasteiger partial charge is 0.368 e. The van der Waals surface area contributed by atoms with Gasteiger partial charge < -0.3 is 11.1 Å². The first-order valence-corrected chi connectivity index (χ1v) is 5.31. The Morgan fingerprint density at radius 2 is 1.88 bits per heavy atom. The van der Waals surface area contributed by atoms with E-state index in [1.54, 1.807) is 12.4 Å². The van der Waals surface area contributed by atoms with Crippen LogP contribution in [0.4, 0.5) is 11.8 Å². The molecule has 0 fully saturated rings. The molecule has 2 heterocycles. The van der Waals surface area contributed by atoms with Gasteiger partial charge in [-0.25, -0.2) is 15.0 Å². The molecule has 0 saturated carbocycles. The summed E-state index contributed by atoms with van der Waals surface area (Å²) in [4.78, 5) is 16.2. The van der Waals surface area contributed by atoms with Crippen molar-refractivity contribution in [1.82, 2.24) is 19.9 Å². The molecule has 2 aromatic rings. The van der Waals surface area contributed by atoms with E-state index in [-0.39, 0.29) is 12.0 Å². The Balaban J connectivity index is 2.38. The fourth-order valence-electron chi connectivity index (χ4n) is 1.41. The van der Waals surface area contributed by atoms with Crippen LogP contribution in [0.1, 0.15) is 13.8 Å². The fraction of sp³-hybridized carbons (Fsp3) is 0.273. The van der Waals surface area contributed by atoms with Gasteiger partial charge in [-0.3, -0.25) is 0 Å². The van der Waals surface area contributed by atoms with Crippen LogP contribution in [0.2, 0.25) is 0 Å². The summed E-state index contributed by atoms with van der Waals surface area (Å²) in [6.07, 6.45) is 4.85. The van der Waals surface area contributed by atoms with Gasteiger partial charge in [0.2, 0.25) is 5.95 Å². The highest BCUT2D eigenvalue weighted by Crippen LogP contribution is 2.19. The van der Waals surface area contributed by atoms with Gasteiger partial charge in [0.15, 0.2) is 0 Å². The molecule has 2 aromatic heterocycles. The van der Waals surface area contributed by atoms with E-state index >= 15 is 0 Å². The number of nitrogen functional groups attached to an aromatic ring is 1. The maximum atomic E-state index is 5.67. The van der Waals surface area contributed by atoms with E-state index < -0.39 is 0 Å². The average molecular weight is 230 g/mol. The lowest BCUT2D eigenvalue weighted by molar-refractivity contribution is 0.888. The fourth-order valence-corrected chi connectivity index (χ4v) is 1.41. The van der Waals surface area contributed by atoms with Crippen LogP contribution in [-0.4, -0.2) is 26.0 Å². The summed E-state index contributed by atoms with van der Waals surface area (Å²) in [7, 11) is 0. The van der Waals surface area contributed by atoms with Gasteiger partial charge in [-0.05, 0) is 13.8 Å². The molecular formula is C11H14N6. The van der Waals surface area contributed by atoms with E-state index in [0.29, 0.717) is 11.5 Å². The molecule has 2 rings (SSSR count). The predicted molar refractivity (Wildman–Crippen MR) is 66.2 cm³/mol. The monoisotopic (exact) mass is 230 g/mol. The lowest BCUT2D eigenvalue weighted by atomic mass is 10.2. The van der Waals surface area contributed by atoms with Crippen molar-refractivity contribution in [3.05, 3.63) is 24.8 Å².